The summed E-state index contributed by atoms with van der Waals surface area (Å²) in [6.07, 6.45) is -7.32. The van der Waals surface area contributed by atoms with Gasteiger partial charge in [0.25, 0.3) is 0 Å². The molecule has 2 amide bonds. The number of likely N-dealkylation sites (tertiary alicyclic amines) is 1. The van der Waals surface area contributed by atoms with Gasteiger partial charge < -0.3 is 53.6 Å². The largest absolute Gasteiger partial charge is 0.456 e. The number of aliphatic hydroxyl groups excluding tert-OH is 1. The van der Waals surface area contributed by atoms with E-state index in [-0.39, 0.29) is 37.1 Å². The van der Waals surface area contributed by atoms with Crippen molar-refractivity contribution in [1.29, 1.82) is 0 Å². The molecular weight excluding hydrogens is 843 g/mol. The van der Waals surface area contributed by atoms with E-state index >= 15 is 0 Å². The highest BCUT2D eigenvalue weighted by atomic mass is 16.7. The minimum absolute atomic E-state index is 0.0353. The van der Waals surface area contributed by atoms with Gasteiger partial charge in [0.1, 0.15) is 35.6 Å². The molecule has 7 rings (SSSR count). The molecule has 0 unspecified atom stereocenters. The summed E-state index contributed by atoms with van der Waals surface area (Å²) in [5.41, 5.74) is -5.37. The van der Waals surface area contributed by atoms with Crippen molar-refractivity contribution < 1.29 is 67.3 Å². The van der Waals surface area contributed by atoms with E-state index in [1.807, 2.05) is 25.7 Å². The van der Waals surface area contributed by atoms with Crippen molar-refractivity contribution in [3.63, 3.8) is 0 Å². The van der Waals surface area contributed by atoms with Gasteiger partial charge in [-0.25, -0.2) is 14.4 Å². The number of carbonyl (C=O) groups excluding carboxylic acids is 5. The molecule has 0 aromatic heterocycles. The van der Waals surface area contributed by atoms with Crippen LogP contribution in [0.4, 0.5) is 4.79 Å². The van der Waals surface area contributed by atoms with Gasteiger partial charge in [-0.1, -0.05) is 52.8 Å². The first-order chi connectivity index (χ1) is 30.3. The molecule has 1 aromatic carbocycles. The first kappa shape index (κ1) is 48.8. The second-order valence-corrected chi connectivity index (χ2v) is 21.3. The van der Waals surface area contributed by atoms with Gasteiger partial charge in [0.05, 0.1) is 42.8 Å². The minimum Gasteiger partial charge on any atom is -0.456 e. The SMILES string of the molecule is CC(=O)O[C@@]12CO[C@@H]1CC[C@@]1(C)[C@@H]3O[C@H](CN4CC[C@H]4C(=O)N(C)C)O[C@@H]3C3=C(C)[C@@H](OC(=O)[C@H](O)[C@@H](NC(=O)OC(C)(C)C)C(C)C)C[C@@](O)([C@@H](OC(=O)c4ccccc4)[C@@H]12)C3(C)C. The lowest BCUT2D eigenvalue weighted by Crippen LogP contribution is -2.79. The summed E-state index contributed by atoms with van der Waals surface area (Å²) in [7, 11) is 3.43. The third kappa shape index (κ3) is 8.58. The quantitative estimate of drug-likeness (QED) is 0.163. The van der Waals surface area contributed by atoms with E-state index in [0.717, 1.165) is 0 Å². The number of ether oxygens (including phenoxy) is 7. The van der Waals surface area contributed by atoms with Gasteiger partial charge in [0, 0.05) is 44.8 Å². The zero-order valence-corrected chi connectivity index (χ0v) is 39.9. The van der Waals surface area contributed by atoms with Crippen LogP contribution in [0.3, 0.4) is 0 Å². The molecule has 3 N–H and O–H groups in total. The number of nitrogens with zero attached hydrogens (tertiary/aromatic N) is 2. The zero-order chi connectivity index (χ0) is 47.8. The highest BCUT2D eigenvalue weighted by Gasteiger charge is 2.77. The van der Waals surface area contributed by atoms with E-state index in [1.165, 1.54) is 6.92 Å². The maximum absolute atomic E-state index is 14.5. The van der Waals surface area contributed by atoms with E-state index in [1.54, 1.807) is 90.9 Å². The number of benzene rings is 1. The Kier molecular flexibility index (Phi) is 13.1. The number of esters is 3. The average Bonchev–Trinajstić information content (AvgIpc) is 3.61. The van der Waals surface area contributed by atoms with E-state index in [9.17, 15) is 34.2 Å². The van der Waals surface area contributed by atoms with E-state index in [4.69, 9.17) is 33.2 Å². The van der Waals surface area contributed by atoms with Crippen LogP contribution in [0.1, 0.15) is 105 Å². The molecule has 2 bridgehead atoms. The van der Waals surface area contributed by atoms with Crippen molar-refractivity contribution in [1.82, 2.24) is 15.1 Å². The number of alkyl carbamates (subject to hydrolysis) is 1. The van der Waals surface area contributed by atoms with Crippen LogP contribution in [-0.4, -0.2) is 156 Å². The molecule has 360 valence electrons. The van der Waals surface area contributed by atoms with Gasteiger partial charge in [-0.05, 0) is 76.2 Å². The summed E-state index contributed by atoms with van der Waals surface area (Å²) < 4.78 is 45.0. The number of likely N-dealkylation sites (N-methyl/N-ethyl adjacent to an activating group) is 1. The lowest BCUT2D eigenvalue weighted by Gasteiger charge is -2.68. The Morgan fingerprint density at radius 2 is 1.69 bits per heavy atom. The Morgan fingerprint density at radius 3 is 2.25 bits per heavy atom. The number of amides is 2. The first-order valence-electron chi connectivity index (χ1n) is 22.9. The summed E-state index contributed by atoms with van der Waals surface area (Å²) >= 11 is 0. The third-order valence-corrected chi connectivity index (χ3v) is 15.0. The molecule has 5 fully saturated rings. The highest BCUT2D eigenvalue weighted by Crippen LogP contribution is 2.66. The number of nitrogens with one attached hydrogen (secondary N) is 1. The van der Waals surface area contributed by atoms with E-state index < -0.39 is 112 Å². The van der Waals surface area contributed by atoms with E-state index in [2.05, 4.69) is 5.32 Å². The van der Waals surface area contributed by atoms with Gasteiger partial charge in [-0.15, -0.1) is 0 Å². The van der Waals surface area contributed by atoms with Crippen LogP contribution in [0.2, 0.25) is 0 Å². The highest BCUT2D eigenvalue weighted by molar-refractivity contribution is 5.89. The van der Waals surface area contributed by atoms with Gasteiger partial charge >= 0.3 is 24.0 Å². The molecule has 3 aliphatic carbocycles. The van der Waals surface area contributed by atoms with Crippen LogP contribution in [0.25, 0.3) is 0 Å². The summed E-state index contributed by atoms with van der Waals surface area (Å²) in [4.78, 5) is 71.6. The molecule has 2 saturated carbocycles. The number of hydrogen-bond acceptors (Lipinski definition) is 15. The molecule has 3 saturated heterocycles. The minimum atomic E-state index is -2.09. The lowest BCUT2D eigenvalue weighted by atomic mass is 9.45. The van der Waals surface area contributed by atoms with Crippen LogP contribution in [-0.2, 0) is 47.5 Å². The van der Waals surface area contributed by atoms with Crippen LogP contribution < -0.4 is 5.32 Å². The fourth-order valence-electron chi connectivity index (χ4n) is 11.6. The van der Waals surface area contributed by atoms with Crippen LogP contribution in [0.15, 0.2) is 41.5 Å². The van der Waals surface area contributed by atoms with Crippen LogP contribution in [0, 0.1) is 22.7 Å². The number of aliphatic hydroxyl groups is 2. The molecule has 3 heterocycles. The molecule has 17 heteroatoms. The van der Waals surface area contributed by atoms with Crippen molar-refractivity contribution in [3.05, 3.63) is 47.0 Å². The zero-order valence-electron chi connectivity index (χ0n) is 39.9. The molecule has 65 heavy (non-hydrogen) atoms. The van der Waals surface area contributed by atoms with Crippen molar-refractivity contribution in [2.45, 2.75) is 167 Å². The molecule has 13 atom stereocenters. The maximum atomic E-state index is 14.5. The first-order valence-corrected chi connectivity index (χ1v) is 22.9. The van der Waals surface area contributed by atoms with E-state index in [0.29, 0.717) is 37.0 Å². The summed E-state index contributed by atoms with van der Waals surface area (Å²) in [6, 6.07) is 6.89. The standard InChI is InChI=1S/C48H69N3O14/c1-25(2)34(49-43(57)65-44(5,6)7)35(53)42(56)60-30-22-48(58)39(63-41(55)28-16-14-13-15-17-28)37-46(10,20-18-31-47(37,24-59-31)64-27(4)52)38-36(33(26(30)3)45(48,8)9)61-32(62-38)23-51-21-19-29(51)40(54)50(11)12/h13-17,25,29-32,34-39,53,58H,18-24H2,1-12H3,(H,49,57)/t29-,30-,31+,32+,34-,35+,36+,37-,38+,39-,46+,47-,48+/m0/s1. The van der Waals surface area contributed by atoms with Crippen LogP contribution >= 0.6 is 0 Å². The normalized spacial score (nSPS) is 35.9. The van der Waals surface area contributed by atoms with Gasteiger partial charge in [0.2, 0.25) is 5.91 Å². The summed E-state index contributed by atoms with van der Waals surface area (Å²) in [6.45, 7) is 18.1. The predicted octanol–water partition coefficient (Wildman–Crippen LogP) is 3.91. The third-order valence-electron chi connectivity index (χ3n) is 15.0. The second-order valence-electron chi connectivity index (χ2n) is 21.3. The van der Waals surface area contributed by atoms with Crippen LogP contribution in [0.5, 0.6) is 0 Å². The van der Waals surface area contributed by atoms with Crippen molar-refractivity contribution >= 4 is 29.9 Å². The Hall–Kier alpha value is -4.13. The lowest BCUT2D eigenvalue weighted by molar-refractivity contribution is -0.345. The molecule has 6 aliphatic rings. The average molecular weight is 912 g/mol. The van der Waals surface area contributed by atoms with Gasteiger partial charge in [-0.2, -0.15) is 0 Å². The van der Waals surface area contributed by atoms with Crippen molar-refractivity contribution in [2.24, 2.45) is 22.7 Å². The Labute approximate surface area is 381 Å². The number of hydrogen-bond donors (Lipinski definition) is 3. The molecule has 1 aromatic rings. The fourth-order valence-corrected chi connectivity index (χ4v) is 11.6. The smallest absolute Gasteiger partial charge is 0.407 e. The van der Waals surface area contributed by atoms with Crippen molar-refractivity contribution in [3.8, 4) is 0 Å². The number of carbonyl (C=O) groups is 5. The number of rotatable bonds is 11. The number of fused-ring (bicyclic) bond motifs is 8. The second kappa shape index (κ2) is 17.5. The molecule has 0 spiro atoms. The fraction of sp³-hybridized carbons (Fsp3) is 0.729. The van der Waals surface area contributed by atoms with Gasteiger partial charge in [-0.3, -0.25) is 14.5 Å². The summed E-state index contributed by atoms with van der Waals surface area (Å²) in [5.74, 6) is -3.86. The molecule has 0 radical (unpaired) electrons. The van der Waals surface area contributed by atoms with Gasteiger partial charge in [0.15, 0.2) is 18.0 Å². The van der Waals surface area contributed by atoms with Crippen molar-refractivity contribution in [2.75, 3.05) is 33.8 Å². The predicted molar refractivity (Wildman–Crippen MR) is 233 cm³/mol. The topological polar surface area (TPSA) is 209 Å². The molecular formula is C48H69N3O14. The monoisotopic (exact) mass is 911 g/mol. The molecule has 17 nitrogen and oxygen atoms in total. The Balaban J connectivity index is 1.37. The summed E-state index contributed by atoms with van der Waals surface area (Å²) in [5, 5.41) is 28.2. The molecule has 3 aliphatic heterocycles. The Morgan fingerprint density at radius 1 is 1.02 bits per heavy atom. The Bertz CT molecular complexity index is 2050. The maximum Gasteiger partial charge on any atom is 0.407 e.